The van der Waals surface area contributed by atoms with E-state index in [1.807, 2.05) is 6.07 Å². The second-order valence-corrected chi connectivity index (χ2v) is 1.12. The second-order valence-electron chi connectivity index (χ2n) is 1.12. The van der Waals surface area contributed by atoms with Gasteiger partial charge in [0.05, 0.1) is 6.07 Å². The summed E-state index contributed by atoms with van der Waals surface area (Å²) in [6, 6.07) is 2.03. The number of unbranched alkanes of at least 4 members (excludes halogenated alkanes) is 2. The van der Waals surface area contributed by atoms with E-state index in [0.717, 1.165) is 12.8 Å². The number of halogens is 1. The van der Waals surface area contributed by atoms with Crippen LogP contribution in [0, 0.1) is 18.3 Å². The maximum absolute atomic E-state index is 7.92. The molecule has 0 aliphatic heterocycles. The third-order valence-corrected chi connectivity index (χ3v) is 0.539. The molecule has 0 aliphatic rings. The van der Waals surface area contributed by atoms with Crippen LogP contribution >= 0.6 is 0 Å². The number of nitrogens with zero attached hydrogens (tertiary/aromatic N) is 1. The van der Waals surface area contributed by atoms with Crippen LogP contribution in [0.4, 0.5) is 0 Å². The van der Waals surface area contributed by atoms with Gasteiger partial charge in [-0.15, -0.1) is 0 Å². The molecule has 3 heteroatoms. The number of nitriles is 1. The smallest absolute Gasteiger partial charge is 0.0621 e. The third-order valence-electron chi connectivity index (χ3n) is 0.539. The molecule has 0 amide bonds. The van der Waals surface area contributed by atoms with Gasteiger partial charge < -0.3 is 24.0 Å². The predicted molar refractivity (Wildman–Crippen MR) is 24.8 cm³/mol. The Labute approximate surface area is 80.6 Å². The SMILES string of the molecule is [CH2]CCCC#N.[I-].[Zn]. The average Bonchev–Trinajstić information content (AvgIpc) is 1.61. The normalized spacial score (nSPS) is 5.50. The van der Waals surface area contributed by atoms with Crippen LogP contribution in [-0.2, 0) is 19.5 Å². The van der Waals surface area contributed by atoms with Crippen molar-refractivity contribution < 1.29 is 43.5 Å². The zero-order chi connectivity index (χ0) is 4.83. The molecule has 0 heterocycles. The monoisotopic (exact) mass is 273 g/mol. The maximum Gasteiger partial charge on any atom is 0.0621 e. The van der Waals surface area contributed by atoms with Crippen LogP contribution in [0.25, 0.3) is 0 Å². The Kier molecular flexibility index (Phi) is 31.2. The van der Waals surface area contributed by atoms with E-state index in [-0.39, 0.29) is 43.5 Å². The first kappa shape index (κ1) is 15.9. The summed E-state index contributed by atoms with van der Waals surface area (Å²) in [7, 11) is 0. The molecule has 0 N–H and O–H groups in total. The van der Waals surface area contributed by atoms with E-state index in [2.05, 4.69) is 6.92 Å². The molecule has 8 heavy (non-hydrogen) atoms. The van der Waals surface area contributed by atoms with Crippen LogP contribution in [0.5, 0.6) is 0 Å². The topological polar surface area (TPSA) is 23.8 Å². The van der Waals surface area contributed by atoms with E-state index in [4.69, 9.17) is 5.26 Å². The zero-order valence-corrected chi connectivity index (χ0v) is 9.99. The van der Waals surface area contributed by atoms with E-state index in [1.165, 1.54) is 0 Å². The van der Waals surface area contributed by atoms with Crippen molar-refractivity contribution >= 4 is 0 Å². The largest absolute Gasteiger partial charge is 1.00 e. The Bertz CT molecular complexity index is 59.9. The van der Waals surface area contributed by atoms with Gasteiger partial charge >= 0.3 is 0 Å². The van der Waals surface area contributed by atoms with Crippen molar-refractivity contribution in [3.8, 4) is 6.07 Å². The van der Waals surface area contributed by atoms with Gasteiger partial charge in [-0.3, -0.25) is 0 Å². The molecule has 0 atom stereocenters. The summed E-state index contributed by atoms with van der Waals surface area (Å²) in [6.45, 7) is 3.57. The first-order valence-corrected chi connectivity index (χ1v) is 2.08. The minimum Gasteiger partial charge on any atom is -1.00 e. The molecule has 0 unspecified atom stereocenters. The molecule has 0 aromatic heterocycles. The Balaban J connectivity index is -0.000000125. The summed E-state index contributed by atoms with van der Waals surface area (Å²) >= 11 is 0. The average molecular weight is 274 g/mol. The van der Waals surface area contributed by atoms with Gasteiger partial charge in [-0.2, -0.15) is 5.26 Å². The minimum absolute atomic E-state index is 0. The van der Waals surface area contributed by atoms with Crippen molar-refractivity contribution in [2.45, 2.75) is 19.3 Å². The van der Waals surface area contributed by atoms with E-state index in [0.29, 0.717) is 6.42 Å². The Morgan fingerprint density at radius 2 is 2.00 bits per heavy atom. The van der Waals surface area contributed by atoms with Gasteiger partial charge in [0, 0.05) is 25.9 Å². The van der Waals surface area contributed by atoms with Crippen LogP contribution in [0.3, 0.4) is 0 Å². The Morgan fingerprint density at radius 1 is 1.50 bits per heavy atom. The fraction of sp³-hybridized carbons (Fsp3) is 0.600. The van der Waals surface area contributed by atoms with Gasteiger partial charge in [-0.1, -0.05) is 13.3 Å². The first-order chi connectivity index (χ1) is 2.91. The quantitative estimate of drug-likeness (QED) is 0.342. The van der Waals surface area contributed by atoms with Crippen molar-refractivity contribution in [3.63, 3.8) is 0 Å². The molecule has 1 nitrogen and oxygen atoms in total. The first-order valence-electron chi connectivity index (χ1n) is 2.08. The van der Waals surface area contributed by atoms with Crippen LogP contribution in [-0.4, -0.2) is 0 Å². The molecule has 0 saturated carbocycles. The summed E-state index contributed by atoms with van der Waals surface area (Å²) in [5.41, 5.74) is 0. The Hall–Kier alpha value is 0.843. The molecule has 0 aromatic rings. The van der Waals surface area contributed by atoms with Crippen molar-refractivity contribution in [1.29, 1.82) is 5.26 Å². The number of hydrogen-bond donors (Lipinski definition) is 0. The van der Waals surface area contributed by atoms with Crippen molar-refractivity contribution in [1.82, 2.24) is 0 Å². The molecule has 0 fully saturated rings. The standard InChI is InChI=1S/C5H8N.HI.Zn/c1-2-3-4-5-6;;/h1-4H2;1H;/p-1. The van der Waals surface area contributed by atoms with E-state index in [9.17, 15) is 0 Å². The van der Waals surface area contributed by atoms with Gasteiger partial charge in [0.15, 0.2) is 0 Å². The van der Waals surface area contributed by atoms with Crippen LogP contribution in [0.1, 0.15) is 19.3 Å². The molecule has 0 rings (SSSR count). The molecular weight excluding hydrogens is 266 g/mol. The molecule has 0 aliphatic carbocycles. The van der Waals surface area contributed by atoms with E-state index >= 15 is 0 Å². The molecule has 1 radical (unpaired) electrons. The molecule has 0 saturated heterocycles. The summed E-state index contributed by atoms with van der Waals surface area (Å²) in [5, 5.41) is 7.92. The number of hydrogen-bond acceptors (Lipinski definition) is 1. The van der Waals surface area contributed by atoms with Crippen LogP contribution in [0.15, 0.2) is 0 Å². The maximum atomic E-state index is 7.92. The molecule has 0 aromatic carbocycles. The van der Waals surface area contributed by atoms with Crippen molar-refractivity contribution in [2.75, 3.05) is 0 Å². The van der Waals surface area contributed by atoms with E-state index in [1.54, 1.807) is 0 Å². The van der Waals surface area contributed by atoms with E-state index < -0.39 is 0 Å². The summed E-state index contributed by atoms with van der Waals surface area (Å²) in [5.74, 6) is 0. The fourth-order valence-electron chi connectivity index (χ4n) is 0.204. The van der Waals surface area contributed by atoms with Crippen molar-refractivity contribution in [2.24, 2.45) is 0 Å². The van der Waals surface area contributed by atoms with Gasteiger partial charge in [0.25, 0.3) is 0 Å². The third kappa shape index (κ3) is 15.8. The van der Waals surface area contributed by atoms with Gasteiger partial charge in [-0.25, -0.2) is 0 Å². The van der Waals surface area contributed by atoms with Crippen LogP contribution in [0.2, 0.25) is 0 Å². The summed E-state index contributed by atoms with van der Waals surface area (Å²) in [6.07, 6.45) is 2.48. The molecule has 0 spiro atoms. The summed E-state index contributed by atoms with van der Waals surface area (Å²) < 4.78 is 0. The van der Waals surface area contributed by atoms with Gasteiger partial charge in [-0.05, 0) is 6.42 Å². The second kappa shape index (κ2) is 15.7. The van der Waals surface area contributed by atoms with Gasteiger partial charge in [0.1, 0.15) is 0 Å². The molecular formula is C5H8INZn-. The number of rotatable bonds is 2. The Morgan fingerprint density at radius 3 is 2.12 bits per heavy atom. The zero-order valence-electron chi connectivity index (χ0n) is 4.86. The summed E-state index contributed by atoms with van der Waals surface area (Å²) in [4.78, 5) is 0. The van der Waals surface area contributed by atoms with Crippen molar-refractivity contribution in [3.05, 3.63) is 6.92 Å². The van der Waals surface area contributed by atoms with Crippen LogP contribution < -0.4 is 24.0 Å². The molecule has 43 valence electrons. The van der Waals surface area contributed by atoms with Gasteiger partial charge in [0.2, 0.25) is 0 Å². The molecule has 0 bridgehead atoms. The minimum atomic E-state index is 0. The predicted octanol–water partition coefficient (Wildman–Crippen LogP) is -1.48. The fourth-order valence-corrected chi connectivity index (χ4v) is 0.204.